The highest BCUT2D eigenvalue weighted by Crippen LogP contribution is 2.24. The smallest absolute Gasteiger partial charge is 0.399 e. The summed E-state index contributed by atoms with van der Waals surface area (Å²) in [6.07, 6.45) is -4.58. The van der Waals surface area contributed by atoms with Gasteiger partial charge in [0.15, 0.2) is 0 Å². The van der Waals surface area contributed by atoms with E-state index in [2.05, 4.69) is 0 Å². The molecule has 1 rings (SSSR count). The number of rotatable bonds is 4. The average molecular weight is 296 g/mol. The molecule has 0 amide bonds. The fourth-order valence-corrected chi connectivity index (χ4v) is 3.22. The van der Waals surface area contributed by atoms with Crippen LogP contribution in [0.4, 0.5) is 18.9 Å². The molecule has 2 N–H and O–H groups in total. The number of sulfonamides is 1. The Morgan fingerprint density at radius 2 is 1.84 bits per heavy atom. The number of alkyl halides is 3. The van der Waals surface area contributed by atoms with Gasteiger partial charge in [0.05, 0.1) is 4.90 Å². The number of benzene rings is 1. The van der Waals surface area contributed by atoms with Crippen molar-refractivity contribution in [2.75, 3.05) is 18.8 Å². The van der Waals surface area contributed by atoms with E-state index in [1.165, 1.54) is 13.0 Å². The second-order valence-electron chi connectivity index (χ2n) is 4.13. The van der Waals surface area contributed by atoms with Gasteiger partial charge in [-0.3, -0.25) is 0 Å². The lowest BCUT2D eigenvalue weighted by atomic mass is 10.2. The van der Waals surface area contributed by atoms with Crippen molar-refractivity contribution in [1.82, 2.24) is 4.31 Å². The van der Waals surface area contributed by atoms with Gasteiger partial charge in [-0.05, 0) is 30.7 Å². The van der Waals surface area contributed by atoms with E-state index in [1.54, 1.807) is 13.0 Å². The van der Waals surface area contributed by atoms with Crippen LogP contribution in [0.3, 0.4) is 0 Å². The fourth-order valence-electron chi connectivity index (χ4n) is 1.64. The third-order valence-electron chi connectivity index (χ3n) is 2.42. The Morgan fingerprint density at radius 1 is 1.26 bits per heavy atom. The van der Waals surface area contributed by atoms with Crippen LogP contribution in [-0.4, -0.2) is 32.0 Å². The summed E-state index contributed by atoms with van der Waals surface area (Å²) in [6, 6.07) is 3.99. The van der Waals surface area contributed by atoms with Crippen molar-refractivity contribution in [1.29, 1.82) is 0 Å². The van der Waals surface area contributed by atoms with Gasteiger partial charge in [0.1, 0.15) is 6.54 Å². The maximum Gasteiger partial charge on any atom is 0.402 e. The minimum absolute atomic E-state index is 0.196. The van der Waals surface area contributed by atoms with E-state index in [-0.39, 0.29) is 17.1 Å². The molecule has 0 unspecified atom stereocenters. The molecule has 108 valence electrons. The Kier molecular flexibility index (Phi) is 4.46. The van der Waals surface area contributed by atoms with Gasteiger partial charge in [-0.2, -0.15) is 17.5 Å². The lowest BCUT2D eigenvalue weighted by Gasteiger charge is -2.22. The van der Waals surface area contributed by atoms with Crippen molar-refractivity contribution in [2.45, 2.75) is 24.9 Å². The van der Waals surface area contributed by atoms with Crippen molar-refractivity contribution in [2.24, 2.45) is 0 Å². The summed E-state index contributed by atoms with van der Waals surface area (Å²) in [7, 11) is -4.20. The number of nitrogens with zero attached hydrogens (tertiary/aromatic N) is 1. The largest absolute Gasteiger partial charge is 0.402 e. The highest BCUT2D eigenvalue weighted by atomic mass is 32.2. The Balaban J connectivity index is 3.20. The number of hydrogen-bond acceptors (Lipinski definition) is 3. The van der Waals surface area contributed by atoms with E-state index in [4.69, 9.17) is 5.73 Å². The minimum atomic E-state index is -4.58. The minimum Gasteiger partial charge on any atom is -0.399 e. The Hall–Kier alpha value is -1.28. The molecule has 0 saturated carbocycles. The van der Waals surface area contributed by atoms with Crippen molar-refractivity contribution in [3.8, 4) is 0 Å². The molecule has 0 spiro atoms. The summed E-state index contributed by atoms with van der Waals surface area (Å²) in [5.41, 5.74) is 6.29. The van der Waals surface area contributed by atoms with E-state index >= 15 is 0 Å². The van der Waals surface area contributed by atoms with Crippen molar-refractivity contribution in [3.63, 3.8) is 0 Å². The van der Waals surface area contributed by atoms with Gasteiger partial charge in [0.25, 0.3) is 0 Å². The van der Waals surface area contributed by atoms with Crippen LogP contribution in [0.25, 0.3) is 0 Å². The molecular weight excluding hydrogens is 281 g/mol. The summed E-state index contributed by atoms with van der Waals surface area (Å²) >= 11 is 0. The lowest BCUT2D eigenvalue weighted by molar-refractivity contribution is -0.135. The molecule has 0 aromatic heterocycles. The first kappa shape index (κ1) is 15.8. The van der Waals surface area contributed by atoms with Crippen LogP contribution in [0.5, 0.6) is 0 Å². The molecule has 0 atom stereocenters. The number of nitrogen functional groups attached to an aromatic ring is 1. The molecule has 1 aromatic carbocycles. The SMILES string of the molecule is CCN(CC(F)(F)F)S(=O)(=O)c1cc(C)cc(N)c1. The van der Waals surface area contributed by atoms with Crippen LogP contribution in [0.15, 0.2) is 23.1 Å². The maximum atomic E-state index is 12.4. The number of aryl methyl sites for hydroxylation is 1. The number of anilines is 1. The predicted octanol–water partition coefficient (Wildman–Crippen LogP) is 2.15. The normalized spacial score (nSPS) is 12.9. The summed E-state index contributed by atoms with van der Waals surface area (Å²) < 4.78 is 61.7. The number of nitrogens with two attached hydrogens (primary N) is 1. The van der Waals surface area contributed by atoms with Crippen LogP contribution >= 0.6 is 0 Å². The molecule has 0 radical (unpaired) electrons. The van der Waals surface area contributed by atoms with Gasteiger partial charge in [0.2, 0.25) is 10.0 Å². The third kappa shape index (κ3) is 4.10. The molecule has 0 aliphatic heterocycles. The standard InChI is InChI=1S/C11H15F3N2O2S/c1-3-16(7-11(12,13)14)19(17,18)10-5-8(2)4-9(15)6-10/h4-6H,3,7,15H2,1-2H3. The zero-order valence-corrected chi connectivity index (χ0v) is 11.3. The van der Waals surface area contributed by atoms with Gasteiger partial charge >= 0.3 is 6.18 Å². The average Bonchev–Trinajstić information content (AvgIpc) is 2.23. The van der Waals surface area contributed by atoms with Crippen molar-refractivity contribution in [3.05, 3.63) is 23.8 Å². The van der Waals surface area contributed by atoms with E-state index in [1.807, 2.05) is 0 Å². The second kappa shape index (κ2) is 5.38. The fraction of sp³-hybridized carbons (Fsp3) is 0.455. The zero-order valence-electron chi connectivity index (χ0n) is 10.5. The van der Waals surface area contributed by atoms with Crippen LogP contribution < -0.4 is 5.73 Å². The van der Waals surface area contributed by atoms with Gasteiger partial charge in [-0.25, -0.2) is 8.42 Å². The van der Waals surface area contributed by atoms with Crippen molar-refractivity contribution < 1.29 is 21.6 Å². The van der Waals surface area contributed by atoms with Gasteiger partial charge in [0, 0.05) is 12.2 Å². The van der Waals surface area contributed by atoms with E-state index < -0.39 is 22.7 Å². The zero-order chi connectivity index (χ0) is 14.8. The Bertz CT molecular complexity index is 535. The molecule has 4 nitrogen and oxygen atoms in total. The van der Waals surface area contributed by atoms with Crippen LogP contribution in [0.1, 0.15) is 12.5 Å². The monoisotopic (exact) mass is 296 g/mol. The van der Waals surface area contributed by atoms with Crippen LogP contribution in [0, 0.1) is 6.92 Å². The molecule has 0 bridgehead atoms. The van der Waals surface area contributed by atoms with Crippen molar-refractivity contribution >= 4 is 15.7 Å². The number of halogens is 3. The van der Waals surface area contributed by atoms with Gasteiger partial charge < -0.3 is 5.73 Å². The van der Waals surface area contributed by atoms with Crippen LogP contribution in [-0.2, 0) is 10.0 Å². The highest BCUT2D eigenvalue weighted by Gasteiger charge is 2.36. The van der Waals surface area contributed by atoms with E-state index in [9.17, 15) is 21.6 Å². The molecule has 0 heterocycles. The molecular formula is C11H15F3N2O2S. The molecule has 8 heteroatoms. The highest BCUT2D eigenvalue weighted by molar-refractivity contribution is 7.89. The molecule has 0 fully saturated rings. The Morgan fingerprint density at radius 3 is 2.26 bits per heavy atom. The first-order valence-electron chi connectivity index (χ1n) is 5.50. The van der Waals surface area contributed by atoms with E-state index in [0.29, 0.717) is 9.87 Å². The summed E-state index contributed by atoms with van der Waals surface area (Å²) in [4.78, 5) is -0.226. The maximum absolute atomic E-state index is 12.4. The topological polar surface area (TPSA) is 63.4 Å². The second-order valence-corrected chi connectivity index (χ2v) is 6.06. The molecule has 0 saturated heterocycles. The first-order valence-corrected chi connectivity index (χ1v) is 6.94. The third-order valence-corrected chi connectivity index (χ3v) is 4.32. The first-order chi connectivity index (χ1) is 8.56. The van der Waals surface area contributed by atoms with Gasteiger partial charge in [-0.15, -0.1) is 0 Å². The summed E-state index contributed by atoms with van der Waals surface area (Å²) in [6.45, 7) is 1.19. The molecule has 0 aliphatic rings. The van der Waals surface area contributed by atoms with Crippen LogP contribution in [0.2, 0.25) is 0 Å². The lowest BCUT2D eigenvalue weighted by Crippen LogP contribution is -2.38. The Labute approximate surface area is 110 Å². The number of hydrogen-bond donors (Lipinski definition) is 1. The molecule has 1 aromatic rings. The summed E-state index contributed by atoms with van der Waals surface area (Å²) in [5, 5.41) is 0. The van der Waals surface area contributed by atoms with E-state index in [0.717, 1.165) is 6.07 Å². The summed E-state index contributed by atoms with van der Waals surface area (Å²) in [5.74, 6) is 0. The quantitative estimate of drug-likeness (QED) is 0.866. The molecule has 0 aliphatic carbocycles. The molecule has 19 heavy (non-hydrogen) atoms. The van der Waals surface area contributed by atoms with Gasteiger partial charge in [-0.1, -0.05) is 6.92 Å². The predicted molar refractivity (Wildman–Crippen MR) is 66.1 cm³/mol.